The maximum absolute atomic E-state index is 14.3. The van der Waals surface area contributed by atoms with Crippen LogP contribution in [-0.4, -0.2) is 50.5 Å². The topological polar surface area (TPSA) is 96.0 Å². The Kier molecular flexibility index (Phi) is 12.7. The molecule has 0 aliphatic heterocycles. The Morgan fingerprint density at radius 2 is 1.38 bits per heavy atom. The number of rotatable bonds is 15. The molecule has 1 atom stereocenters. The number of anilines is 1. The van der Waals surface area contributed by atoms with Crippen LogP contribution in [0.1, 0.15) is 30.5 Å². The van der Waals surface area contributed by atoms with Crippen molar-refractivity contribution in [1.29, 1.82) is 0 Å². The van der Waals surface area contributed by atoms with Gasteiger partial charge in [-0.15, -0.1) is 0 Å². The molecule has 0 bridgehead atoms. The first-order valence-corrected chi connectivity index (χ1v) is 17.8. The van der Waals surface area contributed by atoms with E-state index in [-0.39, 0.29) is 30.5 Å². The maximum atomic E-state index is 14.3. The minimum absolute atomic E-state index is 0.117. The van der Waals surface area contributed by atoms with Crippen LogP contribution >= 0.6 is 23.2 Å². The third kappa shape index (κ3) is 10.5. The molecule has 4 aromatic rings. The first-order valence-electron chi connectivity index (χ1n) is 15.2. The Labute approximate surface area is 287 Å². The van der Waals surface area contributed by atoms with Gasteiger partial charge in [-0.25, -0.2) is 8.42 Å². The molecule has 0 saturated heterocycles. The van der Waals surface area contributed by atoms with Gasteiger partial charge in [0.2, 0.25) is 21.8 Å². The van der Waals surface area contributed by atoms with Gasteiger partial charge in [-0.1, -0.05) is 104 Å². The van der Waals surface area contributed by atoms with E-state index in [1.54, 1.807) is 42.5 Å². The third-order valence-corrected chi connectivity index (χ3v) is 9.25. The first-order chi connectivity index (χ1) is 22.4. The first kappa shape index (κ1) is 35.8. The number of carbonyl (C=O) groups excluding carboxylic acids is 2. The highest BCUT2D eigenvalue weighted by Crippen LogP contribution is 2.28. The van der Waals surface area contributed by atoms with Crippen molar-refractivity contribution < 1.29 is 22.7 Å². The van der Waals surface area contributed by atoms with Gasteiger partial charge in [0.05, 0.1) is 11.9 Å². The fraction of sp³-hybridized carbons (Fsp3) is 0.278. The maximum Gasteiger partial charge on any atom is 0.244 e. The molecule has 1 N–H and O–H groups in total. The number of carbonyl (C=O) groups is 2. The van der Waals surface area contributed by atoms with Gasteiger partial charge >= 0.3 is 0 Å². The molecule has 0 heterocycles. The van der Waals surface area contributed by atoms with Crippen LogP contribution in [0.25, 0.3) is 0 Å². The lowest BCUT2D eigenvalue weighted by molar-refractivity contribution is -0.140. The highest BCUT2D eigenvalue weighted by molar-refractivity contribution is 7.92. The number of ether oxygens (including phenoxy) is 1. The molecular formula is C36H39Cl2N3O5S. The predicted molar refractivity (Wildman–Crippen MR) is 188 cm³/mol. The average molecular weight is 697 g/mol. The van der Waals surface area contributed by atoms with E-state index in [4.69, 9.17) is 27.9 Å². The molecule has 0 aromatic heterocycles. The fourth-order valence-electron chi connectivity index (χ4n) is 4.89. The quantitative estimate of drug-likeness (QED) is 0.148. The van der Waals surface area contributed by atoms with E-state index in [9.17, 15) is 18.0 Å². The predicted octanol–water partition coefficient (Wildman–Crippen LogP) is 6.75. The molecule has 0 radical (unpaired) electrons. The van der Waals surface area contributed by atoms with Crippen molar-refractivity contribution in [3.63, 3.8) is 0 Å². The van der Waals surface area contributed by atoms with Gasteiger partial charge in [0.25, 0.3) is 0 Å². The van der Waals surface area contributed by atoms with E-state index in [1.807, 2.05) is 74.5 Å². The second-order valence-corrected chi connectivity index (χ2v) is 14.3. The van der Waals surface area contributed by atoms with E-state index in [2.05, 4.69) is 5.32 Å². The average Bonchev–Trinajstić information content (AvgIpc) is 3.05. The van der Waals surface area contributed by atoms with Gasteiger partial charge in [-0.2, -0.15) is 0 Å². The zero-order chi connectivity index (χ0) is 34.0. The highest BCUT2D eigenvalue weighted by Gasteiger charge is 2.34. The second-order valence-electron chi connectivity index (χ2n) is 11.6. The van der Waals surface area contributed by atoms with Crippen molar-refractivity contribution in [2.45, 2.75) is 39.5 Å². The number of halogens is 2. The number of hydrogen-bond donors (Lipinski definition) is 1. The van der Waals surface area contributed by atoms with Crippen molar-refractivity contribution in [2.75, 3.05) is 23.7 Å². The monoisotopic (exact) mass is 695 g/mol. The number of amides is 2. The SMILES string of the molecule is CC(C)CNC(=O)C(Cc1ccccc1)N(Cc1c(Cl)cccc1Cl)C(=O)CN(c1ccc(OCc2ccccc2)cc1)S(C)(=O)=O. The van der Waals surface area contributed by atoms with E-state index in [0.29, 0.717) is 34.5 Å². The number of hydrogen-bond acceptors (Lipinski definition) is 5. The second kappa shape index (κ2) is 16.7. The van der Waals surface area contributed by atoms with Gasteiger partial charge in [0.1, 0.15) is 24.9 Å². The molecule has 1 unspecified atom stereocenters. The summed E-state index contributed by atoms with van der Waals surface area (Å²) in [6.07, 6.45) is 1.22. The fourth-order valence-corrected chi connectivity index (χ4v) is 6.26. The molecule has 11 heteroatoms. The van der Waals surface area contributed by atoms with Crippen LogP contribution in [-0.2, 0) is 39.2 Å². The summed E-state index contributed by atoms with van der Waals surface area (Å²) in [6.45, 7) is 4.01. The Morgan fingerprint density at radius 3 is 1.94 bits per heavy atom. The zero-order valence-corrected chi connectivity index (χ0v) is 28.9. The lowest BCUT2D eigenvalue weighted by Gasteiger charge is -2.34. The summed E-state index contributed by atoms with van der Waals surface area (Å²) < 4.78 is 33.1. The molecule has 0 aliphatic carbocycles. The Bertz CT molecular complexity index is 1720. The molecule has 2 amide bonds. The molecule has 0 aliphatic rings. The summed E-state index contributed by atoms with van der Waals surface area (Å²) in [5, 5.41) is 3.60. The van der Waals surface area contributed by atoms with Gasteiger partial charge in [-0.05, 0) is 53.4 Å². The van der Waals surface area contributed by atoms with Crippen LogP contribution in [0.5, 0.6) is 5.75 Å². The largest absolute Gasteiger partial charge is 0.489 e. The van der Waals surface area contributed by atoms with Gasteiger partial charge < -0.3 is 15.0 Å². The standard InChI is InChI=1S/C36H39Cl2N3O5S/c1-26(2)22-39-36(43)34(21-27-11-6-4-7-12-27)40(23-31-32(37)15-10-16-33(31)38)35(42)24-41(47(3,44)45)29-17-19-30(20-18-29)46-25-28-13-8-5-9-14-28/h4-20,26,34H,21-25H2,1-3H3,(H,39,43). The zero-order valence-electron chi connectivity index (χ0n) is 26.6. The smallest absolute Gasteiger partial charge is 0.244 e. The summed E-state index contributed by atoms with van der Waals surface area (Å²) in [5.74, 6) is -0.266. The van der Waals surface area contributed by atoms with E-state index >= 15 is 0 Å². The molecule has 4 aromatic carbocycles. The van der Waals surface area contributed by atoms with Crippen molar-refractivity contribution >= 4 is 50.7 Å². The molecule has 47 heavy (non-hydrogen) atoms. The summed E-state index contributed by atoms with van der Waals surface area (Å²) in [5.41, 5.74) is 2.53. The molecule has 0 spiro atoms. The number of sulfonamides is 1. The summed E-state index contributed by atoms with van der Waals surface area (Å²) in [4.78, 5) is 29.5. The Balaban J connectivity index is 1.67. The minimum Gasteiger partial charge on any atom is -0.489 e. The summed E-state index contributed by atoms with van der Waals surface area (Å²) in [7, 11) is -3.94. The van der Waals surface area contributed by atoms with Gasteiger partial charge in [-0.3, -0.25) is 13.9 Å². The molecule has 4 rings (SSSR count). The van der Waals surface area contributed by atoms with Crippen LogP contribution in [0.2, 0.25) is 10.0 Å². The number of benzene rings is 4. The number of nitrogens with one attached hydrogen (secondary N) is 1. The van der Waals surface area contributed by atoms with E-state index < -0.39 is 28.5 Å². The van der Waals surface area contributed by atoms with Gasteiger partial charge in [0.15, 0.2) is 0 Å². The lowest BCUT2D eigenvalue weighted by Crippen LogP contribution is -2.53. The molecule has 8 nitrogen and oxygen atoms in total. The molecule has 0 fully saturated rings. The highest BCUT2D eigenvalue weighted by atomic mass is 35.5. The van der Waals surface area contributed by atoms with Crippen molar-refractivity contribution in [3.05, 3.63) is 130 Å². The van der Waals surface area contributed by atoms with Crippen molar-refractivity contribution in [3.8, 4) is 5.75 Å². The normalized spacial score (nSPS) is 12.0. The van der Waals surface area contributed by atoms with E-state index in [0.717, 1.165) is 21.7 Å². The van der Waals surface area contributed by atoms with Crippen LogP contribution < -0.4 is 14.4 Å². The van der Waals surface area contributed by atoms with Crippen molar-refractivity contribution in [1.82, 2.24) is 10.2 Å². The van der Waals surface area contributed by atoms with Crippen molar-refractivity contribution in [2.24, 2.45) is 5.92 Å². The molecule has 248 valence electrons. The molecule has 0 saturated carbocycles. The number of nitrogens with zero attached hydrogens (tertiary/aromatic N) is 2. The van der Waals surface area contributed by atoms with Gasteiger partial charge in [0, 0.05) is 35.1 Å². The van der Waals surface area contributed by atoms with Crippen LogP contribution in [0.4, 0.5) is 5.69 Å². The summed E-state index contributed by atoms with van der Waals surface area (Å²) in [6, 6.07) is 29.5. The minimum atomic E-state index is -3.94. The van der Waals surface area contributed by atoms with Crippen LogP contribution in [0.15, 0.2) is 103 Å². The lowest BCUT2D eigenvalue weighted by atomic mass is 10.0. The van der Waals surface area contributed by atoms with Crippen LogP contribution in [0, 0.1) is 5.92 Å². The van der Waals surface area contributed by atoms with E-state index in [1.165, 1.54) is 4.90 Å². The Morgan fingerprint density at radius 1 is 0.809 bits per heavy atom. The Hall–Kier alpha value is -4.05. The molecular weight excluding hydrogens is 657 g/mol. The third-order valence-electron chi connectivity index (χ3n) is 7.40. The summed E-state index contributed by atoms with van der Waals surface area (Å²) >= 11 is 13.1. The van der Waals surface area contributed by atoms with Crippen LogP contribution in [0.3, 0.4) is 0 Å².